The van der Waals surface area contributed by atoms with E-state index in [-0.39, 0.29) is 30.3 Å². The maximum absolute atomic E-state index is 13.2. The fourth-order valence-electron chi connectivity index (χ4n) is 4.82. The first-order valence-corrected chi connectivity index (χ1v) is 12.4. The highest BCUT2D eigenvalue weighted by molar-refractivity contribution is 6.05. The van der Waals surface area contributed by atoms with Gasteiger partial charge < -0.3 is 20.3 Å². The quantitative estimate of drug-likeness (QED) is 0.604. The topological polar surface area (TPSA) is 73.9 Å². The predicted molar refractivity (Wildman–Crippen MR) is 135 cm³/mol. The number of carbonyl (C=O) groups is 2. The average Bonchev–Trinajstić information content (AvgIpc) is 2.83. The molecule has 2 aliphatic rings. The second-order valence-electron chi connectivity index (χ2n) is 9.74. The summed E-state index contributed by atoms with van der Waals surface area (Å²) in [6.07, 6.45) is 1.71. The summed E-state index contributed by atoms with van der Waals surface area (Å²) in [6, 6.07) is 11.2. The highest BCUT2D eigenvalue weighted by atomic mass is 19.1. The van der Waals surface area contributed by atoms with Crippen LogP contribution in [0.25, 0.3) is 0 Å². The van der Waals surface area contributed by atoms with Crippen molar-refractivity contribution in [3.8, 4) is 0 Å². The Morgan fingerprint density at radius 1 is 1.14 bits per heavy atom. The van der Waals surface area contributed by atoms with Crippen LogP contribution in [0, 0.1) is 11.7 Å². The predicted octanol–water partition coefficient (Wildman–Crippen LogP) is 3.30. The number of anilines is 2. The third-order valence-electron chi connectivity index (χ3n) is 6.41. The van der Waals surface area contributed by atoms with Crippen molar-refractivity contribution in [3.63, 3.8) is 0 Å². The van der Waals surface area contributed by atoms with Crippen LogP contribution in [0.4, 0.5) is 15.8 Å². The summed E-state index contributed by atoms with van der Waals surface area (Å²) in [6.45, 7) is 9.46. The summed E-state index contributed by atoms with van der Waals surface area (Å²) >= 11 is 0. The van der Waals surface area contributed by atoms with Gasteiger partial charge in [-0.05, 0) is 60.7 Å². The van der Waals surface area contributed by atoms with Gasteiger partial charge in [0.05, 0.1) is 19.3 Å². The Balaban J connectivity index is 1.35. The van der Waals surface area contributed by atoms with Gasteiger partial charge in [0, 0.05) is 49.7 Å². The van der Waals surface area contributed by atoms with E-state index < -0.39 is 0 Å². The van der Waals surface area contributed by atoms with Crippen molar-refractivity contribution in [1.82, 2.24) is 10.2 Å². The number of benzene rings is 2. The van der Waals surface area contributed by atoms with E-state index >= 15 is 0 Å². The van der Waals surface area contributed by atoms with Crippen molar-refractivity contribution in [2.75, 3.05) is 56.1 Å². The maximum atomic E-state index is 13.2. The fourth-order valence-corrected chi connectivity index (χ4v) is 4.82. The van der Waals surface area contributed by atoms with E-state index in [0.717, 1.165) is 56.0 Å². The molecule has 1 fully saturated rings. The summed E-state index contributed by atoms with van der Waals surface area (Å²) in [5.74, 6) is -0.0983. The van der Waals surface area contributed by atoms with E-state index in [1.165, 1.54) is 24.3 Å². The number of nitrogens with zero attached hydrogens (tertiary/aromatic N) is 2. The second-order valence-corrected chi connectivity index (χ2v) is 9.74. The van der Waals surface area contributed by atoms with E-state index in [9.17, 15) is 14.0 Å². The number of ether oxygens (including phenoxy) is 1. The zero-order valence-electron chi connectivity index (χ0n) is 20.6. The van der Waals surface area contributed by atoms with Gasteiger partial charge in [0.2, 0.25) is 5.91 Å². The average molecular weight is 483 g/mol. The summed E-state index contributed by atoms with van der Waals surface area (Å²) in [7, 11) is 0. The van der Waals surface area contributed by atoms with Crippen molar-refractivity contribution >= 4 is 23.2 Å². The molecule has 2 aliphatic heterocycles. The highest BCUT2D eigenvalue weighted by Gasteiger charge is 2.24. The molecule has 35 heavy (non-hydrogen) atoms. The molecular weight excluding hydrogens is 447 g/mol. The zero-order chi connectivity index (χ0) is 24.8. The number of hydrogen-bond donors (Lipinski definition) is 2. The molecule has 0 aliphatic carbocycles. The molecule has 7 nitrogen and oxygen atoms in total. The Labute approximate surface area is 206 Å². The van der Waals surface area contributed by atoms with Gasteiger partial charge >= 0.3 is 0 Å². The first-order valence-electron chi connectivity index (χ1n) is 12.4. The molecule has 1 saturated heterocycles. The number of fused-ring (bicyclic) bond motifs is 1. The Morgan fingerprint density at radius 3 is 2.71 bits per heavy atom. The van der Waals surface area contributed by atoms with Crippen LogP contribution in [0.1, 0.15) is 36.2 Å². The van der Waals surface area contributed by atoms with Crippen molar-refractivity contribution in [3.05, 3.63) is 59.4 Å². The van der Waals surface area contributed by atoms with Crippen molar-refractivity contribution in [2.24, 2.45) is 5.92 Å². The summed E-state index contributed by atoms with van der Waals surface area (Å²) in [5, 5.41) is 6.00. The minimum atomic E-state index is -0.379. The summed E-state index contributed by atoms with van der Waals surface area (Å²) in [5.41, 5.74) is 3.10. The van der Waals surface area contributed by atoms with Crippen molar-refractivity contribution < 1.29 is 18.7 Å². The van der Waals surface area contributed by atoms with Crippen LogP contribution < -0.4 is 15.5 Å². The fraction of sp³-hybridized carbons (Fsp3) is 0.481. The molecule has 0 bridgehead atoms. The Hall–Kier alpha value is -2.97. The molecule has 2 aromatic carbocycles. The van der Waals surface area contributed by atoms with Gasteiger partial charge in [-0.3, -0.25) is 14.5 Å². The molecule has 188 valence electrons. The third kappa shape index (κ3) is 6.80. The molecule has 1 atom stereocenters. The second kappa shape index (κ2) is 11.6. The molecule has 2 amide bonds. The lowest BCUT2D eigenvalue weighted by Gasteiger charge is -2.34. The van der Waals surface area contributed by atoms with Gasteiger partial charge in [-0.25, -0.2) is 4.39 Å². The summed E-state index contributed by atoms with van der Waals surface area (Å²) in [4.78, 5) is 29.9. The van der Waals surface area contributed by atoms with Crippen LogP contribution in [0.2, 0.25) is 0 Å². The molecule has 2 aromatic rings. The molecule has 1 unspecified atom stereocenters. The first kappa shape index (κ1) is 25.1. The molecule has 2 heterocycles. The van der Waals surface area contributed by atoms with Crippen LogP contribution in [-0.4, -0.2) is 68.7 Å². The lowest BCUT2D eigenvalue weighted by atomic mass is 9.99. The van der Waals surface area contributed by atoms with Gasteiger partial charge in [-0.1, -0.05) is 19.9 Å². The monoisotopic (exact) mass is 482 g/mol. The normalized spacial score (nSPS) is 18.3. The molecule has 2 N–H and O–H groups in total. The van der Waals surface area contributed by atoms with Gasteiger partial charge in [-0.15, -0.1) is 0 Å². The Kier molecular flexibility index (Phi) is 8.36. The maximum Gasteiger partial charge on any atom is 0.255 e. The number of carbonyl (C=O) groups excluding carboxylic acids is 2. The molecule has 0 saturated carbocycles. The molecule has 0 radical (unpaired) electrons. The third-order valence-corrected chi connectivity index (χ3v) is 6.41. The van der Waals surface area contributed by atoms with Crippen LogP contribution >= 0.6 is 0 Å². The van der Waals surface area contributed by atoms with E-state index in [4.69, 9.17) is 4.74 Å². The number of rotatable bonds is 8. The summed E-state index contributed by atoms with van der Waals surface area (Å²) < 4.78 is 19.0. The van der Waals surface area contributed by atoms with Gasteiger partial charge in [0.1, 0.15) is 5.82 Å². The lowest BCUT2D eigenvalue weighted by molar-refractivity contribution is -0.121. The Bertz CT molecular complexity index is 1030. The standard InChI is InChI=1S/C27H35FN4O3/c1-19(2)16-31-13-14-35-22(17-31)15-29-26(33)18-32-12-4-5-23-24(6-3-7-25(23)32)30-27(34)20-8-10-21(28)11-9-20/h3,6-11,19,22H,4-5,12-18H2,1-2H3,(H,29,33)(H,30,34). The van der Waals surface area contributed by atoms with E-state index in [1.807, 2.05) is 18.2 Å². The smallest absolute Gasteiger partial charge is 0.255 e. The number of nitrogens with one attached hydrogen (secondary N) is 2. The molecule has 0 aromatic heterocycles. The number of morpholine rings is 1. The SMILES string of the molecule is CC(C)CN1CCOC(CNC(=O)CN2CCCc3c(NC(=O)c4ccc(F)cc4)cccc32)C1. The van der Waals surface area contributed by atoms with Crippen molar-refractivity contribution in [1.29, 1.82) is 0 Å². The van der Waals surface area contributed by atoms with E-state index in [2.05, 4.69) is 34.3 Å². The van der Waals surface area contributed by atoms with Crippen LogP contribution in [-0.2, 0) is 16.0 Å². The molecular formula is C27H35FN4O3. The van der Waals surface area contributed by atoms with E-state index in [1.54, 1.807) is 0 Å². The molecule has 8 heteroatoms. The Morgan fingerprint density at radius 2 is 1.94 bits per heavy atom. The highest BCUT2D eigenvalue weighted by Crippen LogP contribution is 2.33. The minimum absolute atomic E-state index is 0.00775. The number of hydrogen-bond acceptors (Lipinski definition) is 5. The number of amides is 2. The minimum Gasteiger partial charge on any atom is -0.374 e. The molecule has 4 rings (SSSR count). The van der Waals surface area contributed by atoms with Crippen LogP contribution in [0.5, 0.6) is 0 Å². The zero-order valence-corrected chi connectivity index (χ0v) is 20.6. The van der Waals surface area contributed by atoms with Gasteiger partial charge in [0.15, 0.2) is 0 Å². The largest absolute Gasteiger partial charge is 0.374 e. The van der Waals surface area contributed by atoms with Crippen LogP contribution in [0.3, 0.4) is 0 Å². The van der Waals surface area contributed by atoms with E-state index in [0.29, 0.717) is 24.6 Å². The first-order chi connectivity index (χ1) is 16.9. The van der Waals surface area contributed by atoms with Crippen molar-refractivity contribution in [2.45, 2.75) is 32.8 Å². The number of halogens is 1. The van der Waals surface area contributed by atoms with Gasteiger partial charge in [0.25, 0.3) is 5.91 Å². The lowest BCUT2D eigenvalue weighted by Crippen LogP contribution is -2.49. The molecule has 0 spiro atoms. The van der Waals surface area contributed by atoms with Gasteiger partial charge in [-0.2, -0.15) is 0 Å². The van der Waals surface area contributed by atoms with Crippen LogP contribution in [0.15, 0.2) is 42.5 Å².